The van der Waals surface area contributed by atoms with Crippen LogP contribution in [0, 0.1) is 13.8 Å². The number of para-hydroxylation sites is 1. The van der Waals surface area contributed by atoms with E-state index in [1.807, 2.05) is 30.3 Å². The quantitative estimate of drug-likeness (QED) is 0.197. The second-order valence-electron chi connectivity index (χ2n) is 7.26. The van der Waals surface area contributed by atoms with Gasteiger partial charge in [0, 0.05) is 18.5 Å². The molecule has 0 bridgehead atoms. The average Bonchev–Trinajstić information content (AvgIpc) is 3.04. The highest BCUT2D eigenvalue weighted by atomic mass is 32.2. The van der Waals surface area contributed by atoms with Crippen LogP contribution in [-0.2, 0) is 4.79 Å². The molecule has 0 saturated carbocycles. The molecule has 5 nitrogen and oxygen atoms in total. The Morgan fingerprint density at radius 1 is 1.12 bits per heavy atom. The molecule has 2 aromatic rings. The van der Waals surface area contributed by atoms with E-state index < -0.39 is 0 Å². The number of carbonyl (C=O) groups is 1. The van der Waals surface area contributed by atoms with Gasteiger partial charge in [-0.25, -0.2) is 0 Å². The molecule has 1 amide bonds. The van der Waals surface area contributed by atoms with Gasteiger partial charge in [0.25, 0.3) is 5.91 Å². The number of carbonyl (C=O) groups excluding carboxylic acids is 1. The van der Waals surface area contributed by atoms with Crippen molar-refractivity contribution in [2.45, 2.75) is 20.3 Å². The summed E-state index contributed by atoms with van der Waals surface area (Å²) < 4.78 is 17.9. The summed E-state index contributed by atoms with van der Waals surface area (Å²) in [5, 5.41) is 0. The van der Waals surface area contributed by atoms with Crippen LogP contribution in [0.2, 0.25) is 0 Å². The number of thioether (sulfide) groups is 1. The number of hydrogen-bond acceptors (Lipinski definition) is 6. The van der Waals surface area contributed by atoms with Crippen LogP contribution in [0.15, 0.2) is 54.0 Å². The first kappa shape index (κ1) is 23.9. The molecule has 2 aromatic carbocycles. The van der Waals surface area contributed by atoms with Gasteiger partial charge in [0.05, 0.1) is 25.2 Å². The molecule has 0 N–H and O–H groups in total. The van der Waals surface area contributed by atoms with Gasteiger partial charge in [-0.15, -0.1) is 6.58 Å². The summed E-state index contributed by atoms with van der Waals surface area (Å²) in [6.45, 7) is 9.21. The second-order valence-corrected chi connectivity index (χ2v) is 8.93. The minimum atomic E-state index is -0.129. The second kappa shape index (κ2) is 11.2. The van der Waals surface area contributed by atoms with Crippen molar-refractivity contribution < 1.29 is 19.0 Å². The van der Waals surface area contributed by atoms with Crippen molar-refractivity contribution in [2.75, 3.05) is 26.9 Å². The van der Waals surface area contributed by atoms with E-state index in [-0.39, 0.29) is 5.91 Å². The number of methoxy groups -OCH3 is 1. The van der Waals surface area contributed by atoms with Crippen molar-refractivity contribution in [3.63, 3.8) is 0 Å². The van der Waals surface area contributed by atoms with Crippen LogP contribution < -0.4 is 14.2 Å². The number of thiocarbonyl (C=S) groups is 1. The summed E-state index contributed by atoms with van der Waals surface area (Å²) >= 11 is 6.60. The van der Waals surface area contributed by atoms with Gasteiger partial charge in [-0.05, 0) is 49.2 Å². The standard InChI is InChI=1S/C25H27NO4S2/c1-5-12-26-24(27)22(32-25(26)31)16-19-8-6-9-21(28-4)23(19)30-14-7-13-29-20-11-10-17(2)18(3)15-20/h5-6,8-11,15-16H,1,7,12-14H2,2-4H3/b22-16+. The van der Waals surface area contributed by atoms with Gasteiger partial charge in [-0.3, -0.25) is 9.69 Å². The molecule has 0 unspecified atom stereocenters. The Morgan fingerprint density at radius 3 is 2.62 bits per heavy atom. The first-order valence-corrected chi connectivity index (χ1v) is 11.5. The molecule has 1 heterocycles. The fourth-order valence-corrected chi connectivity index (χ4v) is 4.38. The number of hydrogen-bond donors (Lipinski definition) is 0. The maximum atomic E-state index is 12.7. The molecule has 0 aromatic heterocycles. The molecular formula is C25H27NO4S2. The molecule has 1 saturated heterocycles. The summed E-state index contributed by atoms with van der Waals surface area (Å²) in [4.78, 5) is 14.7. The Labute approximate surface area is 199 Å². The van der Waals surface area contributed by atoms with Crippen LogP contribution in [0.5, 0.6) is 17.2 Å². The van der Waals surface area contributed by atoms with Crippen molar-refractivity contribution in [1.29, 1.82) is 0 Å². The van der Waals surface area contributed by atoms with Crippen LogP contribution in [0.4, 0.5) is 0 Å². The minimum absolute atomic E-state index is 0.129. The Hall–Kier alpha value is -2.77. The Kier molecular flexibility index (Phi) is 8.36. The summed E-state index contributed by atoms with van der Waals surface area (Å²) in [6.07, 6.45) is 4.16. The molecule has 1 aliphatic rings. The fourth-order valence-electron chi connectivity index (χ4n) is 3.12. The van der Waals surface area contributed by atoms with Crippen LogP contribution in [-0.4, -0.2) is 42.0 Å². The highest BCUT2D eigenvalue weighted by molar-refractivity contribution is 8.26. The summed E-state index contributed by atoms with van der Waals surface area (Å²) in [7, 11) is 1.60. The summed E-state index contributed by atoms with van der Waals surface area (Å²) in [5.74, 6) is 1.92. The lowest BCUT2D eigenvalue weighted by atomic mass is 10.1. The van der Waals surface area contributed by atoms with Gasteiger partial charge in [0.2, 0.25) is 0 Å². The van der Waals surface area contributed by atoms with Crippen LogP contribution in [0.1, 0.15) is 23.1 Å². The van der Waals surface area contributed by atoms with Gasteiger partial charge >= 0.3 is 0 Å². The van der Waals surface area contributed by atoms with E-state index in [0.29, 0.717) is 46.9 Å². The zero-order chi connectivity index (χ0) is 23.1. The van der Waals surface area contributed by atoms with Crippen molar-refractivity contribution >= 4 is 40.3 Å². The minimum Gasteiger partial charge on any atom is -0.493 e. The molecule has 32 heavy (non-hydrogen) atoms. The molecule has 168 valence electrons. The topological polar surface area (TPSA) is 48.0 Å². The molecule has 7 heteroatoms. The highest BCUT2D eigenvalue weighted by Gasteiger charge is 2.31. The van der Waals surface area contributed by atoms with Crippen LogP contribution in [0.25, 0.3) is 6.08 Å². The zero-order valence-corrected chi connectivity index (χ0v) is 20.2. The lowest BCUT2D eigenvalue weighted by Crippen LogP contribution is -2.27. The van der Waals surface area contributed by atoms with Gasteiger partial charge in [0.15, 0.2) is 11.5 Å². The van der Waals surface area contributed by atoms with E-state index in [4.69, 9.17) is 26.4 Å². The van der Waals surface area contributed by atoms with Crippen LogP contribution >= 0.6 is 24.0 Å². The molecule has 0 aliphatic carbocycles. The molecule has 3 rings (SSSR count). The number of rotatable bonds is 10. The van der Waals surface area contributed by atoms with Gasteiger partial charge in [-0.1, -0.05) is 48.3 Å². The molecule has 0 radical (unpaired) electrons. The first-order valence-electron chi connectivity index (χ1n) is 10.3. The SMILES string of the molecule is C=CCN1C(=O)/C(=C\c2cccc(OC)c2OCCCOc2ccc(C)c(C)c2)SC1=S. The third-order valence-corrected chi connectivity index (χ3v) is 6.36. The molecule has 1 fully saturated rings. The molecule has 0 atom stereocenters. The lowest BCUT2D eigenvalue weighted by Gasteiger charge is -2.14. The van der Waals surface area contributed by atoms with Crippen molar-refractivity contribution in [3.8, 4) is 17.2 Å². The predicted octanol–water partition coefficient (Wildman–Crippen LogP) is 5.55. The Bertz CT molecular complexity index is 1050. The predicted molar refractivity (Wildman–Crippen MR) is 135 cm³/mol. The zero-order valence-electron chi connectivity index (χ0n) is 18.6. The molecule has 0 spiro atoms. The smallest absolute Gasteiger partial charge is 0.266 e. The number of amides is 1. The normalized spacial score (nSPS) is 14.7. The van der Waals surface area contributed by atoms with Crippen molar-refractivity contribution in [1.82, 2.24) is 4.90 Å². The van der Waals surface area contributed by atoms with Crippen molar-refractivity contribution in [2.24, 2.45) is 0 Å². The third-order valence-electron chi connectivity index (χ3n) is 4.98. The molecular weight excluding hydrogens is 442 g/mol. The summed E-state index contributed by atoms with van der Waals surface area (Å²) in [5.41, 5.74) is 3.21. The monoisotopic (exact) mass is 469 g/mol. The Morgan fingerprint density at radius 2 is 1.91 bits per heavy atom. The maximum absolute atomic E-state index is 12.7. The van der Waals surface area contributed by atoms with E-state index in [1.165, 1.54) is 27.8 Å². The lowest BCUT2D eigenvalue weighted by molar-refractivity contribution is -0.121. The number of aryl methyl sites for hydroxylation is 2. The fraction of sp³-hybridized carbons (Fsp3) is 0.280. The van der Waals surface area contributed by atoms with E-state index in [0.717, 1.165) is 11.3 Å². The van der Waals surface area contributed by atoms with E-state index >= 15 is 0 Å². The largest absolute Gasteiger partial charge is 0.493 e. The van der Waals surface area contributed by atoms with Gasteiger partial charge < -0.3 is 14.2 Å². The van der Waals surface area contributed by atoms with E-state index in [9.17, 15) is 4.79 Å². The van der Waals surface area contributed by atoms with E-state index in [2.05, 4.69) is 26.5 Å². The van der Waals surface area contributed by atoms with Crippen molar-refractivity contribution in [3.05, 3.63) is 70.6 Å². The number of ether oxygens (including phenoxy) is 3. The first-order chi connectivity index (χ1) is 15.4. The maximum Gasteiger partial charge on any atom is 0.266 e. The summed E-state index contributed by atoms with van der Waals surface area (Å²) in [6, 6.07) is 11.7. The number of nitrogens with zero attached hydrogens (tertiary/aromatic N) is 1. The Balaban J connectivity index is 1.66. The highest BCUT2D eigenvalue weighted by Crippen LogP contribution is 2.37. The van der Waals surface area contributed by atoms with Gasteiger partial charge in [0.1, 0.15) is 10.1 Å². The number of benzene rings is 2. The average molecular weight is 470 g/mol. The van der Waals surface area contributed by atoms with Gasteiger partial charge in [-0.2, -0.15) is 0 Å². The van der Waals surface area contributed by atoms with E-state index in [1.54, 1.807) is 19.3 Å². The van der Waals surface area contributed by atoms with Crippen LogP contribution in [0.3, 0.4) is 0 Å². The third kappa shape index (κ3) is 5.72. The molecule has 1 aliphatic heterocycles.